The van der Waals surface area contributed by atoms with Crippen LogP contribution in [-0.4, -0.2) is 22.8 Å². The van der Waals surface area contributed by atoms with Crippen LogP contribution in [0.2, 0.25) is 0 Å². The molecule has 3 amide bonds. The molecule has 0 aliphatic carbocycles. The van der Waals surface area contributed by atoms with Crippen molar-refractivity contribution < 1.29 is 19.5 Å². The van der Waals surface area contributed by atoms with Crippen LogP contribution in [0, 0.1) is 0 Å². The molecule has 3 aromatic carbocycles. The number of hydrogen-bond donors (Lipinski definition) is 4. The van der Waals surface area contributed by atoms with Gasteiger partial charge in [0.25, 0.3) is 5.91 Å². The number of aliphatic hydroxyl groups excluding tert-OH is 1. The van der Waals surface area contributed by atoms with Gasteiger partial charge in [-0.15, -0.1) is 0 Å². The summed E-state index contributed by atoms with van der Waals surface area (Å²) in [6.45, 7) is 1.72. The number of amides is 3. The molecule has 0 unspecified atom stereocenters. The molecule has 174 valence electrons. The van der Waals surface area contributed by atoms with Gasteiger partial charge in [0.1, 0.15) is 5.70 Å². The quantitative estimate of drug-likeness (QED) is 0.370. The molecule has 0 bridgehead atoms. The first-order valence-corrected chi connectivity index (χ1v) is 10.8. The molecule has 7 heteroatoms. The van der Waals surface area contributed by atoms with Crippen LogP contribution in [0.4, 0.5) is 5.69 Å². The van der Waals surface area contributed by atoms with Crippen molar-refractivity contribution in [2.24, 2.45) is 0 Å². The molecule has 4 N–H and O–H groups in total. The number of anilines is 1. The average Bonchev–Trinajstić information content (AvgIpc) is 2.84. The zero-order chi connectivity index (χ0) is 24.3. The second kappa shape index (κ2) is 12.1. The predicted octanol–water partition coefficient (Wildman–Crippen LogP) is 3.15. The minimum absolute atomic E-state index is 0.0757. The van der Waals surface area contributed by atoms with Crippen LogP contribution in [0.3, 0.4) is 0 Å². The number of aliphatic hydroxyl groups is 1. The standard InChI is InChI=1S/C27H27N3O4/c1-19(32)29-25(15-20-7-9-23(18-31)10-8-20)27(34)30-24-13-11-21(12-14-24)16-26(33)28-17-22-5-3-2-4-6-22/h2-15,31H,16-18H2,1H3,(H,28,33)(H,29,32)(H,30,34)/b25-15-. The van der Waals surface area contributed by atoms with Gasteiger partial charge in [0.05, 0.1) is 13.0 Å². The second-order valence-corrected chi connectivity index (χ2v) is 7.73. The molecule has 0 heterocycles. The lowest BCUT2D eigenvalue weighted by Crippen LogP contribution is -2.29. The molecule has 0 radical (unpaired) electrons. The largest absolute Gasteiger partial charge is 0.392 e. The first-order valence-electron chi connectivity index (χ1n) is 10.8. The molecule has 0 fully saturated rings. The Morgan fingerprint density at radius 2 is 1.47 bits per heavy atom. The molecule has 0 saturated carbocycles. The lowest BCUT2D eigenvalue weighted by Gasteiger charge is -2.11. The van der Waals surface area contributed by atoms with Crippen molar-refractivity contribution >= 4 is 29.5 Å². The third-order valence-corrected chi connectivity index (χ3v) is 4.94. The van der Waals surface area contributed by atoms with E-state index in [1.807, 2.05) is 30.3 Å². The Labute approximate surface area is 198 Å². The lowest BCUT2D eigenvalue weighted by atomic mass is 10.1. The van der Waals surface area contributed by atoms with Crippen LogP contribution < -0.4 is 16.0 Å². The summed E-state index contributed by atoms with van der Waals surface area (Å²) in [4.78, 5) is 36.6. The highest BCUT2D eigenvalue weighted by molar-refractivity contribution is 6.08. The number of hydrogen-bond acceptors (Lipinski definition) is 4. The summed E-state index contributed by atoms with van der Waals surface area (Å²) in [7, 11) is 0. The second-order valence-electron chi connectivity index (χ2n) is 7.73. The van der Waals surface area contributed by atoms with E-state index in [1.165, 1.54) is 6.92 Å². The molecule has 0 aliphatic rings. The SMILES string of the molecule is CC(=O)N/C(=C\c1ccc(CO)cc1)C(=O)Nc1ccc(CC(=O)NCc2ccccc2)cc1. The van der Waals surface area contributed by atoms with Gasteiger partial charge in [-0.1, -0.05) is 66.7 Å². The number of carbonyl (C=O) groups is 3. The Morgan fingerprint density at radius 1 is 0.824 bits per heavy atom. The zero-order valence-electron chi connectivity index (χ0n) is 18.9. The van der Waals surface area contributed by atoms with Gasteiger partial charge in [0.15, 0.2) is 0 Å². The normalized spacial score (nSPS) is 10.9. The van der Waals surface area contributed by atoms with Gasteiger partial charge in [0, 0.05) is 19.2 Å². The third kappa shape index (κ3) is 7.72. The average molecular weight is 458 g/mol. The Bertz CT molecular complexity index is 1150. The molecule has 0 spiro atoms. The van der Waals surface area contributed by atoms with Crippen LogP contribution in [-0.2, 0) is 34.0 Å². The van der Waals surface area contributed by atoms with Gasteiger partial charge in [-0.3, -0.25) is 14.4 Å². The molecule has 0 aromatic heterocycles. The highest BCUT2D eigenvalue weighted by Gasteiger charge is 2.12. The molecule has 34 heavy (non-hydrogen) atoms. The maximum absolute atomic E-state index is 12.8. The van der Waals surface area contributed by atoms with Crippen LogP contribution in [0.15, 0.2) is 84.6 Å². The van der Waals surface area contributed by atoms with Gasteiger partial charge < -0.3 is 21.1 Å². The lowest BCUT2D eigenvalue weighted by molar-refractivity contribution is -0.121. The molecule has 3 aromatic rings. The molecular formula is C27H27N3O4. The van der Waals surface area contributed by atoms with Gasteiger partial charge in [-0.2, -0.15) is 0 Å². The maximum Gasteiger partial charge on any atom is 0.272 e. The van der Waals surface area contributed by atoms with Gasteiger partial charge in [0.2, 0.25) is 11.8 Å². The summed E-state index contributed by atoms with van der Waals surface area (Å²) in [5, 5.41) is 17.4. The van der Waals surface area contributed by atoms with Crippen molar-refractivity contribution in [2.75, 3.05) is 5.32 Å². The molecule has 0 aliphatic heterocycles. The van der Waals surface area contributed by atoms with Crippen LogP contribution in [0.25, 0.3) is 6.08 Å². The predicted molar refractivity (Wildman–Crippen MR) is 131 cm³/mol. The van der Waals surface area contributed by atoms with Crippen molar-refractivity contribution in [1.82, 2.24) is 10.6 Å². The first kappa shape index (κ1) is 24.4. The van der Waals surface area contributed by atoms with E-state index in [0.717, 1.165) is 16.7 Å². The van der Waals surface area contributed by atoms with E-state index in [4.69, 9.17) is 5.11 Å². The Balaban J connectivity index is 1.60. The summed E-state index contributed by atoms with van der Waals surface area (Å²) in [6.07, 6.45) is 1.78. The van der Waals surface area contributed by atoms with E-state index in [1.54, 1.807) is 54.6 Å². The Kier molecular flexibility index (Phi) is 8.71. The number of benzene rings is 3. The topological polar surface area (TPSA) is 108 Å². The number of carbonyl (C=O) groups excluding carboxylic acids is 3. The highest BCUT2D eigenvalue weighted by Crippen LogP contribution is 2.13. The Hall–Kier alpha value is -4.23. The van der Waals surface area contributed by atoms with Crippen molar-refractivity contribution in [2.45, 2.75) is 26.5 Å². The summed E-state index contributed by atoms with van der Waals surface area (Å²) < 4.78 is 0. The summed E-state index contributed by atoms with van der Waals surface area (Å²) in [5.41, 5.74) is 3.91. The van der Waals surface area contributed by atoms with E-state index < -0.39 is 5.91 Å². The maximum atomic E-state index is 12.8. The minimum atomic E-state index is -0.477. The summed E-state index contributed by atoms with van der Waals surface area (Å²) in [5.74, 6) is -0.941. The number of nitrogens with one attached hydrogen (secondary N) is 3. The van der Waals surface area contributed by atoms with E-state index in [2.05, 4.69) is 16.0 Å². The molecule has 7 nitrogen and oxygen atoms in total. The van der Waals surface area contributed by atoms with E-state index in [-0.39, 0.29) is 30.5 Å². The van der Waals surface area contributed by atoms with Crippen molar-refractivity contribution in [1.29, 1.82) is 0 Å². The van der Waals surface area contributed by atoms with Crippen LogP contribution in [0.5, 0.6) is 0 Å². The fraction of sp³-hybridized carbons (Fsp3) is 0.148. The van der Waals surface area contributed by atoms with E-state index in [0.29, 0.717) is 17.8 Å². The Morgan fingerprint density at radius 3 is 2.09 bits per heavy atom. The van der Waals surface area contributed by atoms with Gasteiger partial charge in [-0.05, 0) is 40.5 Å². The van der Waals surface area contributed by atoms with E-state index >= 15 is 0 Å². The smallest absolute Gasteiger partial charge is 0.272 e. The highest BCUT2D eigenvalue weighted by atomic mass is 16.3. The van der Waals surface area contributed by atoms with Crippen molar-refractivity contribution in [3.8, 4) is 0 Å². The minimum Gasteiger partial charge on any atom is -0.392 e. The molecular weight excluding hydrogens is 430 g/mol. The third-order valence-electron chi connectivity index (χ3n) is 4.94. The zero-order valence-corrected chi connectivity index (χ0v) is 18.9. The summed E-state index contributed by atoms with van der Waals surface area (Å²) >= 11 is 0. The van der Waals surface area contributed by atoms with Crippen LogP contribution in [0.1, 0.15) is 29.2 Å². The van der Waals surface area contributed by atoms with E-state index in [9.17, 15) is 14.4 Å². The van der Waals surface area contributed by atoms with Crippen LogP contribution >= 0.6 is 0 Å². The fourth-order valence-electron chi connectivity index (χ4n) is 3.18. The molecule has 3 rings (SSSR count). The summed E-state index contributed by atoms with van der Waals surface area (Å²) in [6, 6.07) is 23.6. The van der Waals surface area contributed by atoms with Crippen molar-refractivity contribution in [3.05, 3.63) is 107 Å². The monoisotopic (exact) mass is 457 g/mol. The van der Waals surface area contributed by atoms with Gasteiger partial charge in [-0.25, -0.2) is 0 Å². The molecule has 0 saturated heterocycles. The fourth-order valence-corrected chi connectivity index (χ4v) is 3.18. The van der Waals surface area contributed by atoms with Crippen molar-refractivity contribution in [3.63, 3.8) is 0 Å². The molecule has 0 atom stereocenters. The van der Waals surface area contributed by atoms with Gasteiger partial charge >= 0.3 is 0 Å². The number of rotatable bonds is 9. The first-order chi connectivity index (χ1) is 16.4.